The lowest BCUT2D eigenvalue weighted by Gasteiger charge is -2.14. The summed E-state index contributed by atoms with van der Waals surface area (Å²) in [5.41, 5.74) is 3.21. The van der Waals surface area contributed by atoms with E-state index in [-0.39, 0.29) is 11.6 Å². The van der Waals surface area contributed by atoms with Gasteiger partial charge in [0.05, 0.1) is 22.5 Å². The molecule has 3 amide bonds. The van der Waals surface area contributed by atoms with Crippen molar-refractivity contribution in [2.45, 2.75) is 6.18 Å². The molecule has 3 aromatic carbocycles. The molecule has 0 bridgehead atoms. The van der Waals surface area contributed by atoms with E-state index in [9.17, 15) is 22.8 Å². The molecule has 0 atom stereocenters. The molecule has 1 aliphatic rings. The van der Waals surface area contributed by atoms with Gasteiger partial charge in [-0.2, -0.15) is 13.2 Å². The van der Waals surface area contributed by atoms with Crippen molar-refractivity contribution < 1.29 is 22.8 Å². The minimum atomic E-state index is -4.60. The van der Waals surface area contributed by atoms with Crippen LogP contribution in [0.3, 0.4) is 0 Å². The molecule has 2 heterocycles. The number of amides is 3. The fourth-order valence-electron chi connectivity index (χ4n) is 3.97. The Morgan fingerprint density at radius 1 is 0.838 bits per heavy atom. The van der Waals surface area contributed by atoms with Gasteiger partial charge in [0, 0.05) is 34.5 Å². The largest absolute Gasteiger partial charge is 0.418 e. The van der Waals surface area contributed by atoms with Gasteiger partial charge in [0.25, 0.3) is 5.91 Å². The molecule has 7 nitrogen and oxygen atoms in total. The van der Waals surface area contributed by atoms with Crippen molar-refractivity contribution >= 4 is 52.0 Å². The monoisotopic (exact) mass is 503 g/mol. The van der Waals surface area contributed by atoms with Crippen molar-refractivity contribution in [1.82, 2.24) is 4.98 Å². The highest BCUT2D eigenvalue weighted by Gasteiger charge is 2.33. The summed E-state index contributed by atoms with van der Waals surface area (Å²) in [7, 11) is 0. The number of fused-ring (bicyclic) bond motifs is 1. The summed E-state index contributed by atoms with van der Waals surface area (Å²) in [6.07, 6.45) is -1.04. The molecular weight excluding hydrogens is 483 g/mol. The molecule has 1 aromatic heterocycles. The summed E-state index contributed by atoms with van der Waals surface area (Å²) in [6, 6.07) is 19.8. The lowest BCUT2D eigenvalue weighted by molar-refractivity contribution is -0.136. The van der Waals surface area contributed by atoms with Crippen LogP contribution in [-0.4, -0.2) is 16.9 Å². The number of urea groups is 1. The van der Waals surface area contributed by atoms with Crippen molar-refractivity contribution in [2.75, 3.05) is 21.3 Å². The molecule has 5 rings (SSSR count). The highest BCUT2D eigenvalue weighted by Crippen LogP contribution is 2.36. The Morgan fingerprint density at radius 3 is 2.41 bits per heavy atom. The first kappa shape index (κ1) is 23.7. The van der Waals surface area contributed by atoms with Crippen LogP contribution in [0.4, 0.5) is 46.4 Å². The molecule has 186 valence electrons. The number of para-hydroxylation sites is 1. The standard InChI is InChI=1S/C27H20F3N5O2/c28-27(29,30)22-8-1-2-9-23(22)35-26(37)33-18-6-3-5-17(13-18)32-19-10-11-20-21(14-16-7-4-12-31-16)25(36)34-24(20)15-19/h1-15,31-32H,(H,34,36)(H2,33,35,37). The molecule has 0 radical (unpaired) electrons. The van der Waals surface area contributed by atoms with Crippen molar-refractivity contribution in [3.8, 4) is 0 Å². The van der Waals surface area contributed by atoms with Crippen LogP contribution < -0.4 is 21.3 Å². The minimum absolute atomic E-state index is 0.203. The number of H-pyrrole nitrogens is 1. The van der Waals surface area contributed by atoms with Crippen LogP contribution in [0.5, 0.6) is 0 Å². The average molecular weight is 503 g/mol. The van der Waals surface area contributed by atoms with Crippen molar-refractivity contribution in [1.29, 1.82) is 0 Å². The summed E-state index contributed by atoms with van der Waals surface area (Å²) in [4.78, 5) is 27.9. The topological polar surface area (TPSA) is 98.1 Å². The highest BCUT2D eigenvalue weighted by atomic mass is 19.4. The second kappa shape index (κ2) is 9.57. The summed E-state index contributed by atoms with van der Waals surface area (Å²) in [6.45, 7) is 0. The van der Waals surface area contributed by atoms with Crippen LogP contribution in [0.1, 0.15) is 16.8 Å². The first-order chi connectivity index (χ1) is 17.8. The van der Waals surface area contributed by atoms with Gasteiger partial charge >= 0.3 is 12.2 Å². The number of hydrogen-bond acceptors (Lipinski definition) is 3. The molecule has 0 spiro atoms. The molecule has 4 aromatic rings. The zero-order valence-electron chi connectivity index (χ0n) is 19.1. The van der Waals surface area contributed by atoms with E-state index in [2.05, 4.69) is 26.3 Å². The van der Waals surface area contributed by atoms with E-state index in [1.165, 1.54) is 18.2 Å². The molecule has 0 fully saturated rings. The molecule has 0 saturated carbocycles. The number of carbonyl (C=O) groups is 2. The Bertz CT molecular complexity index is 1510. The van der Waals surface area contributed by atoms with Crippen LogP contribution in [0, 0.1) is 0 Å². The SMILES string of the molecule is O=C(Nc1cccc(Nc2ccc3c(c2)NC(=O)C3=Cc2ccc[nH]2)c1)Nc1ccccc1C(F)(F)F. The van der Waals surface area contributed by atoms with Gasteiger partial charge in [-0.15, -0.1) is 0 Å². The number of hydrogen-bond donors (Lipinski definition) is 5. The Labute approximate surface area is 209 Å². The molecule has 5 N–H and O–H groups in total. The maximum absolute atomic E-state index is 13.2. The lowest BCUT2D eigenvalue weighted by atomic mass is 10.1. The Hall–Kier alpha value is -4.99. The van der Waals surface area contributed by atoms with Gasteiger partial charge in [0.15, 0.2) is 0 Å². The van der Waals surface area contributed by atoms with E-state index >= 15 is 0 Å². The van der Waals surface area contributed by atoms with E-state index < -0.39 is 17.8 Å². The van der Waals surface area contributed by atoms with Crippen LogP contribution in [0.15, 0.2) is 85.1 Å². The Kier molecular flexibility index (Phi) is 6.14. The zero-order chi connectivity index (χ0) is 26.0. The molecule has 0 unspecified atom stereocenters. The number of aromatic amines is 1. The number of alkyl halides is 3. The third-order valence-corrected chi connectivity index (χ3v) is 5.61. The van der Waals surface area contributed by atoms with E-state index in [0.29, 0.717) is 28.3 Å². The van der Waals surface area contributed by atoms with Gasteiger partial charge in [-0.1, -0.05) is 24.3 Å². The van der Waals surface area contributed by atoms with Crippen LogP contribution in [0.25, 0.3) is 11.6 Å². The van der Waals surface area contributed by atoms with Gasteiger partial charge in [-0.3, -0.25) is 4.79 Å². The van der Waals surface area contributed by atoms with Crippen LogP contribution in [0.2, 0.25) is 0 Å². The van der Waals surface area contributed by atoms with Crippen LogP contribution in [-0.2, 0) is 11.0 Å². The summed E-state index contributed by atoms with van der Waals surface area (Å²) < 4.78 is 39.6. The summed E-state index contributed by atoms with van der Waals surface area (Å²) in [5, 5.41) is 10.9. The maximum atomic E-state index is 13.2. The minimum Gasteiger partial charge on any atom is -0.362 e. The molecule has 1 aliphatic heterocycles. The Morgan fingerprint density at radius 2 is 1.62 bits per heavy atom. The third-order valence-electron chi connectivity index (χ3n) is 5.61. The number of carbonyl (C=O) groups excluding carboxylic acids is 2. The van der Waals surface area contributed by atoms with Gasteiger partial charge in [-0.05, 0) is 60.7 Å². The van der Waals surface area contributed by atoms with E-state index in [0.717, 1.165) is 17.3 Å². The second-order valence-corrected chi connectivity index (χ2v) is 8.23. The normalized spacial score (nSPS) is 13.7. The molecule has 37 heavy (non-hydrogen) atoms. The first-order valence-electron chi connectivity index (χ1n) is 11.2. The zero-order valence-corrected chi connectivity index (χ0v) is 19.1. The predicted molar refractivity (Wildman–Crippen MR) is 138 cm³/mol. The lowest BCUT2D eigenvalue weighted by Crippen LogP contribution is -2.21. The molecule has 10 heteroatoms. The second-order valence-electron chi connectivity index (χ2n) is 8.23. The van der Waals surface area contributed by atoms with Gasteiger partial charge < -0.3 is 26.3 Å². The maximum Gasteiger partial charge on any atom is 0.418 e. The van der Waals surface area contributed by atoms with Crippen molar-refractivity contribution in [3.63, 3.8) is 0 Å². The quantitative estimate of drug-likeness (QED) is 0.191. The predicted octanol–water partition coefficient (Wildman–Crippen LogP) is 6.91. The average Bonchev–Trinajstić information content (AvgIpc) is 3.46. The summed E-state index contributed by atoms with van der Waals surface area (Å²) >= 11 is 0. The van der Waals surface area contributed by atoms with Gasteiger partial charge in [0.1, 0.15) is 0 Å². The van der Waals surface area contributed by atoms with Crippen molar-refractivity contribution in [2.24, 2.45) is 0 Å². The Balaban J connectivity index is 1.28. The molecule has 0 saturated heterocycles. The number of aromatic nitrogens is 1. The summed E-state index contributed by atoms with van der Waals surface area (Å²) in [5.74, 6) is -0.203. The third kappa shape index (κ3) is 5.32. The van der Waals surface area contributed by atoms with Gasteiger partial charge in [0.2, 0.25) is 0 Å². The van der Waals surface area contributed by atoms with E-state index in [1.54, 1.807) is 42.6 Å². The smallest absolute Gasteiger partial charge is 0.362 e. The molecular formula is C27H20F3N5O2. The number of halogens is 3. The van der Waals surface area contributed by atoms with E-state index in [1.807, 2.05) is 24.3 Å². The van der Waals surface area contributed by atoms with Crippen molar-refractivity contribution in [3.05, 3.63) is 102 Å². The first-order valence-corrected chi connectivity index (χ1v) is 11.2. The number of anilines is 5. The number of benzene rings is 3. The highest BCUT2D eigenvalue weighted by molar-refractivity contribution is 6.35. The number of rotatable bonds is 5. The fraction of sp³-hybridized carbons (Fsp3) is 0.0370. The van der Waals surface area contributed by atoms with Crippen LogP contribution >= 0.6 is 0 Å². The van der Waals surface area contributed by atoms with Gasteiger partial charge in [-0.25, -0.2) is 4.79 Å². The number of nitrogens with one attached hydrogen (secondary N) is 5. The fourth-order valence-corrected chi connectivity index (χ4v) is 3.97. The van der Waals surface area contributed by atoms with E-state index in [4.69, 9.17) is 0 Å². The molecule has 0 aliphatic carbocycles.